The van der Waals surface area contributed by atoms with Crippen LogP contribution in [0.25, 0.3) is 0 Å². The van der Waals surface area contributed by atoms with Crippen LogP contribution in [0.5, 0.6) is 0 Å². The Morgan fingerprint density at radius 3 is 2.37 bits per heavy atom. The summed E-state index contributed by atoms with van der Waals surface area (Å²) in [5.41, 5.74) is 2.12. The van der Waals surface area contributed by atoms with E-state index >= 15 is 0 Å². The van der Waals surface area contributed by atoms with Crippen LogP contribution in [-0.4, -0.2) is 72.5 Å². The number of piperazine rings is 1. The number of carbonyl (C=O) groups is 2. The van der Waals surface area contributed by atoms with E-state index in [0.717, 1.165) is 25.2 Å². The lowest BCUT2D eigenvalue weighted by Gasteiger charge is -2.42. The molecule has 2 amide bonds. The van der Waals surface area contributed by atoms with E-state index in [9.17, 15) is 9.59 Å². The Morgan fingerprint density at radius 2 is 1.70 bits per heavy atom. The molecule has 0 bridgehead atoms. The number of nitrogens with zero attached hydrogens (tertiary/aromatic N) is 3. The summed E-state index contributed by atoms with van der Waals surface area (Å²) in [7, 11) is 1.72. The molecule has 2 aliphatic heterocycles. The zero-order valence-corrected chi connectivity index (χ0v) is 17.8. The Bertz CT molecular complexity index is 882. The lowest BCUT2D eigenvalue weighted by atomic mass is 9.97. The third-order valence-electron chi connectivity index (χ3n) is 5.87. The van der Waals surface area contributed by atoms with Crippen molar-refractivity contribution in [3.63, 3.8) is 0 Å². The van der Waals surface area contributed by atoms with Gasteiger partial charge in [-0.1, -0.05) is 54.1 Å². The van der Waals surface area contributed by atoms with Gasteiger partial charge in [-0.3, -0.25) is 14.5 Å². The Morgan fingerprint density at radius 1 is 1.03 bits per heavy atom. The molecule has 6 nitrogen and oxygen atoms in total. The summed E-state index contributed by atoms with van der Waals surface area (Å²) in [5, 5.41) is 0.613. The normalized spacial score (nSPS) is 22.9. The number of benzene rings is 2. The monoisotopic (exact) mass is 427 g/mol. The largest absolute Gasteiger partial charge is 0.356 e. The Kier molecular flexibility index (Phi) is 6.37. The maximum absolute atomic E-state index is 13.3. The van der Waals surface area contributed by atoms with Crippen LogP contribution in [0.3, 0.4) is 0 Å². The number of morpholine rings is 1. The highest BCUT2D eigenvalue weighted by atomic mass is 35.5. The Labute approximate surface area is 182 Å². The molecule has 2 heterocycles. The molecule has 0 aliphatic carbocycles. The summed E-state index contributed by atoms with van der Waals surface area (Å²) in [4.78, 5) is 31.4. The van der Waals surface area contributed by atoms with E-state index in [4.69, 9.17) is 16.3 Å². The van der Waals surface area contributed by atoms with Crippen molar-refractivity contribution in [2.45, 2.75) is 18.7 Å². The van der Waals surface area contributed by atoms with Gasteiger partial charge >= 0.3 is 0 Å². The minimum atomic E-state index is -0.713. The van der Waals surface area contributed by atoms with E-state index in [1.165, 1.54) is 5.56 Å². The highest BCUT2D eigenvalue weighted by Gasteiger charge is 2.42. The first-order valence-corrected chi connectivity index (χ1v) is 10.6. The van der Waals surface area contributed by atoms with E-state index in [2.05, 4.69) is 17.0 Å². The van der Waals surface area contributed by atoms with E-state index in [1.807, 2.05) is 35.2 Å². The molecule has 0 aromatic heterocycles. The lowest BCUT2D eigenvalue weighted by Crippen LogP contribution is -2.57. The van der Waals surface area contributed by atoms with Crippen molar-refractivity contribution in [2.75, 3.05) is 39.8 Å². The highest BCUT2D eigenvalue weighted by molar-refractivity contribution is 6.30. The zero-order valence-electron chi connectivity index (χ0n) is 17.0. The van der Waals surface area contributed by atoms with Crippen molar-refractivity contribution in [3.05, 3.63) is 70.7 Å². The summed E-state index contributed by atoms with van der Waals surface area (Å²) in [6.07, 6.45) is -0.713. The molecule has 30 heavy (non-hydrogen) atoms. The van der Waals surface area contributed by atoms with Crippen LogP contribution in [0, 0.1) is 0 Å². The van der Waals surface area contributed by atoms with Crippen LogP contribution >= 0.6 is 11.6 Å². The molecule has 4 rings (SSSR count). The maximum Gasteiger partial charge on any atom is 0.254 e. The van der Waals surface area contributed by atoms with Gasteiger partial charge in [0.15, 0.2) is 6.10 Å². The van der Waals surface area contributed by atoms with Gasteiger partial charge < -0.3 is 14.5 Å². The van der Waals surface area contributed by atoms with Crippen LogP contribution < -0.4 is 0 Å². The zero-order chi connectivity index (χ0) is 21.1. The van der Waals surface area contributed by atoms with Gasteiger partial charge in [0.25, 0.3) is 5.91 Å². The number of hydrogen-bond acceptors (Lipinski definition) is 4. The number of likely N-dealkylation sites (N-methyl/N-ethyl adjacent to an activating group) is 1. The summed E-state index contributed by atoms with van der Waals surface area (Å²) in [6, 6.07) is 17.1. The fourth-order valence-electron chi connectivity index (χ4n) is 4.12. The number of ether oxygens (including phenoxy) is 1. The van der Waals surface area contributed by atoms with Gasteiger partial charge in [-0.25, -0.2) is 0 Å². The van der Waals surface area contributed by atoms with Crippen molar-refractivity contribution >= 4 is 23.4 Å². The van der Waals surface area contributed by atoms with Crippen LogP contribution in [-0.2, 0) is 20.9 Å². The molecule has 2 saturated heterocycles. The first kappa shape index (κ1) is 20.8. The topological polar surface area (TPSA) is 53.1 Å². The smallest absolute Gasteiger partial charge is 0.254 e. The van der Waals surface area contributed by atoms with Crippen LogP contribution in [0.2, 0.25) is 5.02 Å². The molecule has 7 heteroatoms. The van der Waals surface area contributed by atoms with Crippen molar-refractivity contribution in [2.24, 2.45) is 0 Å². The summed E-state index contributed by atoms with van der Waals surface area (Å²) >= 11 is 6.02. The Hall–Kier alpha value is -2.41. The first-order chi connectivity index (χ1) is 14.5. The van der Waals surface area contributed by atoms with E-state index < -0.39 is 12.1 Å². The molecular weight excluding hydrogens is 402 g/mol. The van der Waals surface area contributed by atoms with Crippen LogP contribution in [0.4, 0.5) is 0 Å². The molecule has 2 aromatic rings. The molecule has 158 valence electrons. The molecule has 0 saturated carbocycles. The number of carbonyl (C=O) groups excluding carboxylic acids is 2. The second-order valence-corrected chi connectivity index (χ2v) is 8.26. The third kappa shape index (κ3) is 4.51. The SMILES string of the molecule is CN1C(=O)CO[C@@H](C(=O)N2CCN(Cc3ccccc3)CC2)[C@H]1c1ccc(Cl)cc1. The molecule has 2 aliphatic rings. The first-order valence-electron chi connectivity index (χ1n) is 10.2. The average molecular weight is 428 g/mol. The van der Waals surface area contributed by atoms with E-state index in [0.29, 0.717) is 18.1 Å². The Balaban J connectivity index is 1.43. The molecule has 2 atom stereocenters. The van der Waals surface area contributed by atoms with E-state index in [1.54, 1.807) is 24.1 Å². The molecule has 2 fully saturated rings. The fraction of sp³-hybridized carbons (Fsp3) is 0.391. The number of halogens is 1. The molecule has 2 aromatic carbocycles. The third-order valence-corrected chi connectivity index (χ3v) is 6.12. The standard InChI is InChI=1S/C23H26ClN3O3/c1-25-20(28)16-30-22(21(25)18-7-9-19(24)10-8-18)23(29)27-13-11-26(12-14-27)15-17-5-3-2-4-6-17/h2-10,21-22H,11-16H2,1H3/t21-,22-/m1/s1. The predicted octanol–water partition coefficient (Wildman–Crippen LogP) is 2.58. The quantitative estimate of drug-likeness (QED) is 0.752. The van der Waals surface area contributed by atoms with E-state index in [-0.39, 0.29) is 18.4 Å². The average Bonchev–Trinajstić information content (AvgIpc) is 2.77. The summed E-state index contributed by atoms with van der Waals surface area (Å²) in [5.74, 6) is -0.194. The summed E-state index contributed by atoms with van der Waals surface area (Å²) < 4.78 is 5.77. The minimum absolute atomic E-state index is 0.0614. The van der Waals surface area contributed by atoms with Crippen molar-refractivity contribution in [1.82, 2.24) is 14.7 Å². The van der Waals surface area contributed by atoms with Crippen molar-refractivity contribution in [3.8, 4) is 0 Å². The van der Waals surface area contributed by atoms with Crippen molar-refractivity contribution in [1.29, 1.82) is 0 Å². The fourth-order valence-corrected chi connectivity index (χ4v) is 4.25. The number of hydrogen-bond donors (Lipinski definition) is 0. The molecule has 0 N–H and O–H groups in total. The van der Waals surface area contributed by atoms with Gasteiger partial charge in [0, 0.05) is 44.8 Å². The van der Waals surface area contributed by atoms with Gasteiger partial charge in [-0.15, -0.1) is 0 Å². The van der Waals surface area contributed by atoms with Gasteiger partial charge in [-0.2, -0.15) is 0 Å². The second kappa shape index (κ2) is 9.16. The predicted molar refractivity (Wildman–Crippen MR) is 115 cm³/mol. The van der Waals surface area contributed by atoms with Crippen molar-refractivity contribution < 1.29 is 14.3 Å². The van der Waals surface area contributed by atoms with Gasteiger partial charge in [0.1, 0.15) is 6.61 Å². The van der Waals surface area contributed by atoms with Gasteiger partial charge in [-0.05, 0) is 23.3 Å². The maximum atomic E-state index is 13.3. The van der Waals surface area contributed by atoms with Crippen LogP contribution in [0.15, 0.2) is 54.6 Å². The molecule has 0 radical (unpaired) electrons. The number of amides is 2. The van der Waals surface area contributed by atoms with Gasteiger partial charge in [0.2, 0.25) is 5.91 Å². The number of rotatable bonds is 4. The second-order valence-electron chi connectivity index (χ2n) is 7.82. The minimum Gasteiger partial charge on any atom is -0.356 e. The highest BCUT2D eigenvalue weighted by Crippen LogP contribution is 2.31. The van der Waals surface area contributed by atoms with Crippen LogP contribution in [0.1, 0.15) is 17.2 Å². The molecule has 0 spiro atoms. The van der Waals surface area contributed by atoms with Gasteiger partial charge in [0.05, 0.1) is 6.04 Å². The molecule has 0 unspecified atom stereocenters. The summed E-state index contributed by atoms with van der Waals surface area (Å²) in [6.45, 7) is 3.73. The molecular formula is C23H26ClN3O3. The lowest BCUT2D eigenvalue weighted by molar-refractivity contribution is -0.168.